The van der Waals surface area contributed by atoms with Crippen LogP contribution in [0.15, 0.2) is 36.4 Å². The van der Waals surface area contributed by atoms with Crippen LogP contribution in [0, 0.1) is 5.82 Å². The highest BCUT2D eigenvalue weighted by Gasteiger charge is 2.51. The molecule has 0 bridgehead atoms. The van der Waals surface area contributed by atoms with Crippen LogP contribution in [0.1, 0.15) is 17.5 Å². The number of rotatable bonds is 5. The minimum absolute atomic E-state index is 0.105. The molecule has 0 spiro atoms. The van der Waals surface area contributed by atoms with Crippen LogP contribution in [0.4, 0.5) is 15.8 Å². The second-order valence-electron chi connectivity index (χ2n) is 7.93. The summed E-state index contributed by atoms with van der Waals surface area (Å²) in [7, 11) is -3.40. The Morgan fingerprint density at radius 1 is 1.25 bits per heavy atom. The fourth-order valence-electron chi connectivity index (χ4n) is 4.07. The molecular formula is C21H21ClFN3O5S. The topological polar surface area (TPSA) is 107 Å². The van der Waals surface area contributed by atoms with Crippen LogP contribution in [0.2, 0.25) is 5.02 Å². The lowest BCUT2D eigenvalue weighted by molar-refractivity contribution is -0.149. The molecule has 0 aromatic heterocycles. The molecule has 170 valence electrons. The molecular weight excluding hydrogens is 461 g/mol. The maximum absolute atomic E-state index is 13.5. The van der Waals surface area contributed by atoms with Gasteiger partial charge in [-0.05, 0) is 53.9 Å². The van der Waals surface area contributed by atoms with Gasteiger partial charge < -0.3 is 15.3 Å². The third kappa shape index (κ3) is 4.05. The number of nitrogens with zero attached hydrogens (tertiary/aromatic N) is 2. The van der Waals surface area contributed by atoms with Crippen molar-refractivity contribution in [3.8, 4) is 0 Å². The Balaban J connectivity index is 1.49. The first-order chi connectivity index (χ1) is 15.0. The monoisotopic (exact) mass is 481 g/mol. The van der Waals surface area contributed by atoms with Gasteiger partial charge in [-0.3, -0.25) is 13.9 Å². The SMILES string of the molecule is CS(=O)(=O)N1CCc2cc(N3CCC(O)(C(=O)NCc4cc(F)cc(Cl)c4)C3=O)ccc21. The number of carbonyl (C=O) groups is 2. The smallest absolute Gasteiger partial charge is 0.268 e. The van der Waals surface area contributed by atoms with Gasteiger partial charge in [0.25, 0.3) is 11.8 Å². The molecule has 1 saturated heterocycles. The molecule has 2 aromatic rings. The van der Waals surface area contributed by atoms with Gasteiger partial charge in [0.15, 0.2) is 0 Å². The van der Waals surface area contributed by atoms with Crippen LogP contribution < -0.4 is 14.5 Å². The maximum atomic E-state index is 13.5. The van der Waals surface area contributed by atoms with E-state index in [-0.39, 0.29) is 24.5 Å². The molecule has 2 amide bonds. The molecule has 2 aliphatic rings. The Labute approximate surface area is 189 Å². The van der Waals surface area contributed by atoms with E-state index in [0.29, 0.717) is 29.9 Å². The lowest BCUT2D eigenvalue weighted by Crippen LogP contribution is -2.52. The van der Waals surface area contributed by atoms with Crippen LogP contribution >= 0.6 is 11.6 Å². The van der Waals surface area contributed by atoms with Crippen molar-refractivity contribution in [1.29, 1.82) is 0 Å². The number of amides is 2. The van der Waals surface area contributed by atoms with Crippen molar-refractivity contribution in [3.63, 3.8) is 0 Å². The maximum Gasteiger partial charge on any atom is 0.268 e. The predicted octanol–water partition coefficient (Wildman–Crippen LogP) is 1.59. The van der Waals surface area contributed by atoms with Crippen LogP contribution in [-0.2, 0) is 32.6 Å². The number of carbonyl (C=O) groups excluding carboxylic acids is 2. The molecule has 1 atom stereocenters. The minimum Gasteiger partial charge on any atom is -0.372 e. The fourth-order valence-corrected chi connectivity index (χ4v) is 5.28. The van der Waals surface area contributed by atoms with Crippen LogP contribution in [0.3, 0.4) is 0 Å². The van der Waals surface area contributed by atoms with Crippen molar-refractivity contribution in [2.75, 3.05) is 28.6 Å². The Kier molecular flexibility index (Phi) is 5.64. The van der Waals surface area contributed by atoms with Gasteiger partial charge in [0, 0.05) is 36.8 Å². The highest BCUT2D eigenvalue weighted by molar-refractivity contribution is 7.92. The third-order valence-electron chi connectivity index (χ3n) is 5.68. The van der Waals surface area contributed by atoms with E-state index in [2.05, 4.69) is 5.32 Å². The molecule has 2 N–H and O–H groups in total. The lowest BCUT2D eigenvalue weighted by Gasteiger charge is -2.22. The van der Waals surface area contributed by atoms with Gasteiger partial charge >= 0.3 is 0 Å². The summed E-state index contributed by atoms with van der Waals surface area (Å²) in [4.78, 5) is 26.9. The molecule has 11 heteroatoms. The van der Waals surface area contributed by atoms with Gasteiger partial charge in [0.1, 0.15) is 5.82 Å². The summed E-state index contributed by atoms with van der Waals surface area (Å²) >= 11 is 5.80. The van der Waals surface area contributed by atoms with Gasteiger partial charge in [0.2, 0.25) is 15.6 Å². The summed E-state index contributed by atoms with van der Waals surface area (Å²) in [5.74, 6) is -2.21. The molecule has 0 aliphatic carbocycles. The summed E-state index contributed by atoms with van der Waals surface area (Å²) in [5, 5.41) is 13.4. The number of hydrogen-bond acceptors (Lipinski definition) is 5. The van der Waals surface area contributed by atoms with E-state index >= 15 is 0 Å². The fraction of sp³-hybridized carbons (Fsp3) is 0.333. The number of fused-ring (bicyclic) bond motifs is 1. The van der Waals surface area contributed by atoms with E-state index < -0.39 is 33.3 Å². The van der Waals surface area contributed by atoms with Crippen molar-refractivity contribution in [2.24, 2.45) is 0 Å². The molecule has 2 aromatic carbocycles. The zero-order valence-corrected chi connectivity index (χ0v) is 18.7. The van der Waals surface area contributed by atoms with Gasteiger partial charge in [-0.1, -0.05) is 11.6 Å². The molecule has 1 fully saturated rings. The van der Waals surface area contributed by atoms with Gasteiger partial charge in [-0.2, -0.15) is 0 Å². The number of nitrogens with one attached hydrogen (secondary N) is 1. The molecule has 2 aliphatic heterocycles. The van der Waals surface area contributed by atoms with Gasteiger partial charge in [0.05, 0.1) is 11.9 Å². The van der Waals surface area contributed by atoms with Crippen LogP contribution in [0.5, 0.6) is 0 Å². The first-order valence-corrected chi connectivity index (χ1v) is 12.1. The molecule has 2 heterocycles. The second kappa shape index (κ2) is 8.02. The molecule has 4 rings (SSSR count). The number of anilines is 2. The molecule has 8 nitrogen and oxygen atoms in total. The predicted molar refractivity (Wildman–Crippen MR) is 118 cm³/mol. The quantitative estimate of drug-likeness (QED) is 0.631. The van der Waals surface area contributed by atoms with Crippen molar-refractivity contribution >= 4 is 44.8 Å². The van der Waals surface area contributed by atoms with E-state index in [0.717, 1.165) is 17.9 Å². The van der Waals surface area contributed by atoms with Crippen molar-refractivity contribution in [1.82, 2.24) is 5.32 Å². The lowest BCUT2D eigenvalue weighted by atomic mass is 10.0. The highest BCUT2D eigenvalue weighted by Crippen LogP contribution is 2.36. The molecule has 0 saturated carbocycles. The Bertz CT molecular complexity index is 1200. The normalized spacial score (nSPS) is 20.6. The van der Waals surface area contributed by atoms with Crippen LogP contribution in [0.25, 0.3) is 0 Å². The Morgan fingerprint density at radius 2 is 2.00 bits per heavy atom. The third-order valence-corrected chi connectivity index (χ3v) is 7.07. The number of aliphatic hydroxyl groups is 1. The largest absolute Gasteiger partial charge is 0.372 e. The number of benzene rings is 2. The summed E-state index contributed by atoms with van der Waals surface area (Å²) in [6.07, 6.45) is 1.52. The van der Waals surface area contributed by atoms with Gasteiger partial charge in [-0.15, -0.1) is 0 Å². The standard InChI is InChI=1S/C21H21ClFN3O5S/c1-32(30,31)26-6-4-14-10-17(2-3-18(14)26)25-7-5-21(29,20(25)28)19(27)24-12-13-8-15(22)11-16(23)9-13/h2-3,8-11,29H,4-7,12H2,1H3,(H,24,27). The highest BCUT2D eigenvalue weighted by atomic mass is 35.5. The summed E-state index contributed by atoms with van der Waals surface area (Å²) in [6, 6.07) is 8.72. The second-order valence-corrected chi connectivity index (χ2v) is 10.3. The zero-order valence-electron chi connectivity index (χ0n) is 17.1. The number of halogens is 2. The first-order valence-electron chi connectivity index (χ1n) is 9.87. The number of sulfonamides is 1. The Morgan fingerprint density at radius 3 is 2.69 bits per heavy atom. The minimum atomic E-state index is -3.40. The van der Waals surface area contributed by atoms with E-state index in [4.69, 9.17) is 11.6 Å². The first kappa shape index (κ1) is 22.5. The average molecular weight is 482 g/mol. The molecule has 1 unspecified atom stereocenters. The van der Waals surface area contributed by atoms with E-state index in [9.17, 15) is 27.5 Å². The van der Waals surface area contributed by atoms with Crippen molar-refractivity contribution in [2.45, 2.75) is 25.0 Å². The molecule has 32 heavy (non-hydrogen) atoms. The summed E-state index contributed by atoms with van der Waals surface area (Å²) < 4.78 is 38.6. The summed E-state index contributed by atoms with van der Waals surface area (Å²) in [6.45, 7) is 0.331. The average Bonchev–Trinajstić information content (AvgIpc) is 3.27. The number of hydrogen-bond donors (Lipinski definition) is 2. The zero-order chi connectivity index (χ0) is 23.3. The summed E-state index contributed by atoms with van der Waals surface area (Å²) in [5.41, 5.74) is -0.0594. The van der Waals surface area contributed by atoms with E-state index in [1.807, 2.05) is 0 Å². The van der Waals surface area contributed by atoms with Gasteiger partial charge in [-0.25, -0.2) is 12.8 Å². The van der Waals surface area contributed by atoms with E-state index in [1.54, 1.807) is 18.2 Å². The van der Waals surface area contributed by atoms with E-state index in [1.165, 1.54) is 21.3 Å². The van der Waals surface area contributed by atoms with Crippen LogP contribution in [-0.4, -0.2) is 50.3 Å². The van der Waals surface area contributed by atoms with Crippen molar-refractivity contribution < 1.29 is 27.5 Å². The Hall–Kier alpha value is -2.69. The molecule has 0 radical (unpaired) electrons. The van der Waals surface area contributed by atoms with Crippen molar-refractivity contribution in [3.05, 3.63) is 58.4 Å².